The Hall–Kier alpha value is -0.0800. The fourth-order valence-electron chi connectivity index (χ4n) is 2.54. The van der Waals surface area contributed by atoms with Gasteiger partial charge in [-0.15, -0.1) is 0 Å². The fourth-order valence-corrected chi connectivity index (χ4v) is 2.54. The molecule has 0 aliphatic carbocycles. The molecule has 0 aromatic rings. The standard InChI is InChI=1S/C15H32N2/c1-3-4-5-6-7-8-9-10-11-17-14-12-16(2)13-15-17/h3-15H2,1-2H3. The summed E-state index contributed by atoms with van der Waals surface area (Å²) in [6.45, 7) is 8.72. The molecule has 1 aliphatic rings. The Kier molecular flexibility index (Phi) is 8.72. The van der Waals surface area contributed by atoms with Crippen molar-refractivity contribution < 1.29 is 0 Å². The van der Waals surface area contributed by atoms with Crippen molar-refractivity contribution in [3.63, 3.8) is 0 Å². The average molecular weight is 240 g/mol. The molecule has 0 N–H and O–H groups in total. The van der Waals surface area contributed by atoms with Crippen LogP contribution in [0.2, 0.25) is 0 Å². The van der Waals surface area contributed by atoms with Crippen LogP contribution in [0.5, 0.6) is 0 Å². The molecule has 0 aromatic carbocycles. The van der Waals surface area contributed by atoms with Gasteiger partial charge in [0.15, 0.2) is 0 Å². The van der Waals surface area contributed by atoms with Crippen molar-refractivity contribution in [2.24, 2.45) is 0 Å². The number of likely N-dealkylation sites (N-methyl/N-ethyl adjacent to an activating group) is 1. The van der Waals surface area contributed by atoms with E-state index in [0.717, 1.165) is 0 Å². The maximum atomic E-state index is 2.64. The Morgan fingerprint density at radius 1 is 0.706 bits per heavy atom. The first-order valence-corrected chi connectivity index (χ1v) is 7.74. The summed E-state index contributed by atoms with van der Waals surface area (Å²) >= 11 is 0. The van der Waals surface area contributed by atoms with Crippen molar-refractivity contribution >= 4 is 0 Å². The Bertz CT molecular complexity index is 162. The van der Waals surface area contributed by atoms with Crippen LogP contribution < -0.4 is 0 Å². The highest BCUT2D eigenvalue weighted by atomic mass is 15.2. The van der Waals surface area contributed by atoms with Crippen LogP contribution in [0.15, 0.2) is 0 Å². The van der Waals surface area contributed by atoms with Crippen LogP contribution in [0.1, 0.15) is 58.3 Å². The molecule has 0 bridgehead atoms. The zero-order valence-electron chi connectivity index (χ0n) is 12.1. The summed E-state index contributed by atoms with van der Waals surface area (Å²) in [5.74, 6) is 0. The SMILES string of the molecule is CCCCCCCCCCN1CCN(C)CC1. The summed E-state index contributed by atoms with van der Waals surface area (Å²) in [6.07, 6.45) is 11.5. The predicted octanol–water partition coefficient (Wildman–Crippen LogP) is 3.37. The van der Waals surface area contributed by atoms with Crippen molar-refractivity contribution in [3.05, 3.63) is 0 Å². The topological polar surface area (TPSA) is 6.48 Å². The predicted molar refractivity (Wildman–Crippen MR) is 76.5 cm³/mol. The molecule has 1 rings (SSSR count). The average Bonchev–Trinajstić information content (AvgIpc) is 2.35. The highest BCUT2D eigenvalue weighted by Gasteiger charge is 2.12. The van der Waals surface area contributed by atoms with E-state index in [0.29, 0.717) is 0 Å². The molecular formula is C15H32N2. The summed E-state index contributed by atoms with van der Waals surface area (Å²) in [6, 6.07) is 0. The van der Waals surface area contributed by atoms with Crippen LogP contribution in [0.25, 0.3) is 0 Å². The number of nitrogens with zero attached hydrogens (tertiary/aromatic N) is 2. The molecule has 102 valence electrons. The van der Waals surface area contributed by atoms with E-state index in [-0.39, 0.29) is 0 Å². The third kappa shape index (κ3) is 7.77. The highest BCUT2D eigenvalue weighted by Crippen LogP contribution is 2.09. The monoisotopic (exact) mass is 240 g/mol. The van der Waals surface area contributed by atoms with E-state index >= 15 is 0 Å². The lowest BCUT2D eigenvalue weighted by atomic mass is 10.1. The molecule has 2 heteroatoms. The second kappa shape index (κ2) is 9.90. The Morgan fingerprint density at radius 2 is 1.24 bits per heavy atom. The number of piperazine rings is 1. The molecule has 0 atom stereocenters. The molecule has 1 aliphatic heterocycles. The normalized spacial score (nSPS) is 18.7. The molecule has 0 radical (unpaired) electrons. The maximum Gasteiger partial charge on any atom is 0.0110 e. The van der Waals surface area contributed by atoms with E-state index in [4.69, 9.17) is 0 Å². The van der Waals surface area contributed by atoms with E-state index in [1.54, 1.807) is 0 Å². The van der Waals surface area contributed by atoms with Gasteiger partial charge in [-0.1, -0.05) is 51.9 Å². The minimum absolute atomic E-state index is 1.26. The van der Waals surface area contributed by atoms with Gasteiger partial charge in [-0.05, 0) is 20.0 Å². The number of hydrogen-bond donors (Lipinski definition) is 0. The van der Waals surface area contributed by atoms with Gasteiger partial charge in [0.1, 0.15) is 0 Å². The largest absolute Gasteiger partial charge is 0.304 e. The number of unbranched alkanes of at least 4 members (excludes halogenated alkanes) is 7. The van der Waals surface area contributed by atoms with Crippen LogP contribution in [-0.2, 0) is 0 Å². The minimum Gasteiger partial charge on any atom is -0.304 e. The third-order valence-corrected chi connectivity index (χ3v) is 3.92. The van der Waals surface area contributed by atoms with Gasteiger partial charge >= 0.3 is 0 Å². The van der Waals surface area contributed by atoms with Crippen LogP contribution in [0.4, 0.5) is 0 Å². The van der Waals surface area contributed by atoms with Gasteiger partial charge in [0.05, 0.1) is 0 Å². The van der Waals surface area contributed by atoms with Gasteiger partial charge in [0.25, 0.3) is 0 Å². The molecule has 0 spiro atoms. The van der Waals surface area contributed by atoms with Crippen molar-refractivity contribution in [1.82, 2.24) is 9.80 Å². The molecule has 1 heterocycles. The first kappa shape index (κ1) is 15.0. The van der Waals surface area contributed by atoms with Crippen molar-refractivity contribution in [2.75, 3.05) is 39.8 Å². The molecule has 1 saturated heterocycles. The van der Waals surface area contributed by atoms with Gasteiger partial charge < -0.3 is 9.80 Å². The molecule has 2 nitrogen and oxygen atoms in total. The molecule has 0 unspecified atom stereocenters. The lowest BCUT2D eigenvalue weighted by molar-refractivity contribution is 0.152. The zero-order chi connectivity index (χ0) is 12.3. The number of hydrogen-bond acceptors (Lipinski definition) is 2. The third-order valence-electron chi connectivity index (χ3n) is 3.92. The first-order chi connectivity index (χ1) is 8.33. The second-order valence-corrected chi connectivity index (χ2v) is 5.62. The van der Waals surface area contributed by atoms with Crippen molar-refractivity contribution in [2.45, 2.75) is 58.3 Å². The van der Waals surface area contributed by atoms with E-state index in [1.165, 1.54) is 84.1 Å². The fraction of sp³-hybridized carbons (Fsp3) is 1.00. The lowest BCUT2D eigenvalue weighted by Crippen LogP contribution is -2.44. The Morgan fingerprint density at radius 3 is 1.82 bits per heavy atom. The smallest absolute Gasteiger partial charge is 0.0110 e. The molecule has 1 fully saturated rings. The van der Waals surface area contributed by atoms with Crippen LogP contribution in [0.3, 0.4) is 0 Å². The Balaban J connectivity index is 1.81. The zero-order valence-corrected chi connectivity index (χ0v) is 12.1. The minimum atomic E-state index is 1.26. The van der Waals surface area contributed by atoms with Gasteiger partial charge in [0.2, 0.25) is 0 Å². The van der Waals surface area contributed by atoms with Crippen molar-refractivity contribution in [1.29, 1.82) is 0 Å². The van der Waals surface area contributed by atoms with E-state index in [9.17, 15) is 0 Å². The molecule has 17 heavy (non-hydrogen) atoms. The quantitative estimate of drug-likeness (QED) is 0.570. The molecule has 0 amide bonds. The van der Waals surface area contributed by atoms with Gasteiger partial charge in [-0.25, -0.2) is 0 Å². The molecular weight excluding hydrogens is 208 g/mol. The second-order valence-electron chi connectivity index (χ2n) is 5.62. The summed E-state index contributed by atoms with van der Waals surface area (Å²) < 4.78 is 0. The summed E-state index contributed by atoms with van der Waals surface area (Å²) in [7, 11) is 2.23. The molecule has 0 saturated carbocycles. The number of rotatable bonds is 9. The summed E-state index contributed by atoms with van der Waals surface area (Å²) in [5, 5.41) is 0. The van der Waals surface area contributed by atoms with Gasteiger partial charge in [-0.3, -0.25) is 0 Å². The van der Waals surface area contributed by atoms with E-state index < -0.39 is 0 Å². The van der Waals surface area contributed by atoms with Crippen LogP contribution >= 0.6 is 0 Å². The summed E-state index contributed by atoms with van der Waals surface area (Å²) in [4.78, 5) is 5.07. The Labute approximate surface area is 108 Å². The lowest BCUT2D eigenvalue weighted by Gasteiger charge is -2.32. The first-order valence-electron chi connectivity index (χ1n) is 7.74. The van der Waals surface area contributed by atoms with Gasteiger partial charge in [-0.2, -0.15) is 0 Å². The van der Waals surface area contributed by atoms with Crippen molar-refractivity contribution in [3.8, 4) is 0 Å². The van der Waals surface area contributed by atoms with E-state index in [1.807, 2.05) is 0 Å². The van der Waals surface area contributed by atoms with Crippen LogP contribution in [0, 0.1) is 0 Å². The maximum absolute atomic E-state index is 2.64. The highest BCUT2D eigenvalue weighted by molar-refractivity contribution is 4.68. The van der Waals surface area contributed by atoms with Crippen LogP contribution in [-0.4, -0.2) is 49.6 Å². The van der Waals surface area contributed by atoms with Gasteiger partial charge in [0, 0.05) is 26.2 Å². The van der Waals surface area contributed by atoms with E-state index in [2.05, 4.69) is 23.8 Å². The summed E-state index contributed by atoms with van der Waals surface area (Å²) in [5.41, 5.74) is 0. The molecule has 0 aromatic heterocycles.